The molecule has 0 N–H and O–H groups in total. The third kappa shape index (κ3) is 3.90. The molecule has 1 aliphatic heterocycles. The molecular formula is C11H17FO3. The van der Waals surface area contributed by atoms with E-state index in [1.165, 1.54) is 0 Å². The van der Waals surface area contributed by atoms with Gasteiger partial charge < -0.3 is 9.47 Å². The van der Waals surface area contributed by atoms with Crippen LogP contribution in [0.1, 0.15) is 39.0 Å². The van der Waals surface area contributed by atoms with Crippen molar-refractivity contribution in [2.24, 2.45) is 0 Å². The first-order chi connectivity index (χ1) is 7.13. The average molecular weight is 216 g/mol. The lowest BCUT2D eigenvalue weighted by atomic mass is 10.1. The molecule has 1 fully saturated rings. The lowest BCUT2D eigenvalue weighted by Crippen LogP contribution is -2.09. The fourth-order valence-corrected chi connectivity index (χ4v) is 1.58. The van der Waals surface area contributed by atoms with Crippen LogP contribution in [0, 0.1) is 0 Å². The van der Waals surface area contributed by atoms with Crippen molar-refractivity contribution < 1.29 is 18.7 Å². The van der Waals surface area contributed by atoms with Crippen molar-refractivity contribution in [3.8, 4) is 0 Å². The largest absolute Gasteiger partial charge is 0.514 e. The van der Waals surface area contributed by atoms with Crippen molar-refractivity contribution in [1.29, 1.82) is 0 Å². The number of halogens is 1. The van der Waals surface area contributed by atoms with Gasteiger partial charge in [-0.1, -0.05) is 19.9 Å². The summed E-state index contributed by atoms with van der Waals surface area (Å²) in [5.74, 6) is 0.339. The van der Waals surface area contributed by atoms with Crippen LogP contribution in [-0.4, -0.2) is 18.4 Å². The number of carbonyl (C=O) groups excluding carboxylic acids is 1. The number of rotatable bonds is 6. The van der Waals surface area contributed by atoms with Gasteiger partial charge in [-0.05, 0) is 25.7 Å². The normalized spacial score (nSPS) is 22.4. The number of ether oxygens (including phenoxy) is 2. The van der Waals surface area contributed by atoms with Crippen LogP contribution >= 0.6 is 0 Å². The summed E-state index contributed by atoms with van der Waals surface area (Å²) in [5, 5.41) is 0. The van der Waals surface area contributed by atoms with Crippen LogP contribution in [0.3, 0.4) is 0 Å². The van der Waals surface area contributed by atoms with Crippen molar-refractivity contribution in [3.05, 3.63) is 12.3 Å². The highest BCUT2D eigenvalue weighted by Crippen LogP contribution is 2.23. The highest BCUT2D eigenvalue weighted by atomic mass is 19.1. The molecule has 3 nitrogen and oxygen atoms in total. The molecule has 0 saturated carbocycles. The Morgan fingerprint density at radius 3 is 2.80 bits per heavy atom. The summed E-state index contributed by atoms with van der Waals surface area (Å²) in [6.07, 6.45) is 1.41. The van der Waals surface area contributed by atoms with E-state index in [9.17, 15) is 9.18 Å². The second-order valence-electron chi connectivity index (χ2n) is 3.74. The van der Waals surface area contributed by atoms with Crippen LogP contribution < -0.4 is 0 Å². The molecule has 86 valence electrons. The molecule has 0 radical (unpaired) electrons. The van der Waals surface area contributed by atoms with Crippen molar-refractivity contribution in [3.63, 3.8) is 0 Å². The molecule has 15 heavy (non-hydrogen) atoms. The summed E-state index contributed by atoms with van der Waals surface area (Å²) in [6, 6.07) is 0. The van der Waals surface area contributed by atoms with Gasteiger partial charge in [0.1, 0.15) is 11.9 Å². The van der Waals surface area contributed by atoms with Crippen molar-refractivity contribution in [1.82, 2.24) is 0 Å². The Balaban J connectivity index is 2.15. The van der Waals surface area contributed by atoms with Gasteiger partial charge in [0.2, 0.25) is 0 Å². The molecule has 1 rings (SSSR count). The van der Waals surface area contributed by atoms with Crippen LogP contribution in [0.2, 0.25) is 0 Å². The minimum absolute atomic E-state index is 0.339. The van der Waals surface area contributed by atoms with Crippen LogP contribution in [0.5, 0.6) is 0 Å². The molecule has 1 saturated heterocycles. The highest BCUT2D eigenvalue weighted by Gasteiger charge is 2.29. The van der Waals surface area contributed by atoms with E-state index in [1.54, 1.807) is 0 Å². The van der Waals surface area contributed by atoms with E-state index < -0.39 is 12.3 Å². The number of hydrogen-bond donors (Lipinski definition) is 0. The van der Waals surface area contributed by atoms with Crippen molar-refractivity contribution >= 4 is 6.16 Å². The third-order valence-electron chi connectivity index (χ3n) is 2.40. The third-order valence-corrected chi connectivity index (χ3v) is 2.40. The second kappa shape index (κ2) is 5.73. The fraction of sp³-hybridized carbons (Fsp3) is 0.727. The van der Waals surface area contributed by atoms with Gasteiger partial charge in [0.05, 0.1) is 0 Å². The van der Waals surface area contributed by atoms with Crippen molar-refractivity contribution in [2.75, 3.05) is 0 Å². The van der Waals surface area contributed by atoms with E-state index in [-0.39, 0.29) is 6.10 Å². The molecule has 0 bridgehead atoms. The molecule has 1 aliphatic rings. The van der Waals surface area contributed by atoms with Gasteiger partial charge >= 0.3 is 6.16 Å². The molecule has 0 spiro atoms. The van der Waals surface area contributed by atoms with E-state index in [1.807, 2.05) is 6.92 Å². The number of carbonyl (C=O) groups is 1. The molecule has 0 aromatic carbocycles. The van der Waals surface area contributed by atoms with Gasteiger partial charge in [-0.2, -0.15) is 0 Å². The maximum Gasteiger partial charge on any atom is 0.514 e. The minimum atomic E-state index is -0.749. The molecule has 2 atom stereocenters. The fourth-order valence-electron chi connectivity index (χ4n) is 1.58. The lowest BCUT2D eigenvalue weighted by molar-refractivity contribution is 0.114. The SMILES string of the molecule is C=C1OC(=O)OC1CCCC(F)CCC. The van der Waals surface area contributed by atoms with Crippen LogP contribution in [0.4, 0.5) is 9.18 Å². The Bertz CT molecular complexity index is 240. The number of hydrogen-bond acceptors (Lipinski definition) is 3. The van der Waals surface area contributed by atoms with Gasteiger partial charge in [-0.15, -0.1) is 0 Å². The van der Waals surface area contributed by atoms with Gasteiger partial charge in [0.15, 0.2) is 6.10 Å². The second-order valence-corrected chi connectivity index (χ2v) is 3.74. The number of alkyl halides is 1. The van der Waals surface area contributed by atoms with E-state index in [4.69, 9.17) is 4.74 Å². The minimum Gasteiger partial charge on any atom is -0.422 e. The van der Waals surface area contributed by atoms with E-state index >= 15 is 0 Å². The first-order valence-electron chi connectivity index (χ1n) is 5.34. The molecule has 0 aromatic rings. The lowest BCUT2D eigenvalue weighted by Gasteiger charge is -2.09. The first kappa shape index (κ1) is 12.0. The van der Waals surface area contributed by atoms with E-state index in [0.717, 1.165) is 6.42 Å². The topological polar surface area (TPSA) is 35.5 Å². The summed E-state index contributed by atoms with van der Waals surface area (Å²) < 4.78 is 22.6. The Hall–Kier alpha value is -1.06. The first-order valence-corrected chi connectivity index (χ1v) is 5.34. The van der Waals surface area contributed by atoms with Gasteiger partial charge in [0.25, 0.3) is 0 Å². The molecule has 4 heteroatoms. The standard InChI is InChI=1S/C11H17FO3/c1-3-5-9(12)6-4-7-10-8(2)14-11(13)15-10/h9-10H,2-7H2,1H3. The Morgan fingerprint density at radius 1 is 1.53 bits per heavy atom. The average Bonchev–Trinajstić information content (AvgIpc) is 2.46. The predicted octanol–water partition coefficient (Wildman–Crippen LogP) is 3.34. The maximum absolute atomic E-state index is 13.1. The zero-order valence-corrected chi connectivity index (χ0v) is 9.00. The number of cyclic esters (lactones) is 2. The molecule has 0 amide bonds. The van der Waals surface area contributed by atoms with Crippen molar-refractivity contribution in [2.45, 2.75) is 51.3 Å². The molecule has 2 unspecified atom stereocenters. The summed E-state index contributed by atoms with van der Waals surface area (Å²) in [7, 11) is 0. The van der Waals surface area contributed by atoms with Gasteiger partial charge in [-0.3, -0.25) is 0 Å². The summed E-state index contributed by atoms with van der Waals surface area (Å²) in [6.45, 7) is 5.52. The monoisotopic (exact) mass is 216 g/mol. The Labute approximate surface area is 89.2 Å². The molecule has 0 aromatic heterocycles. The summed E-state index contributed by atoms with van der Waals surface area (Å²) >= 11 is 0. The van der Waals surface area contributed by atoms with E-state index in [0.29, 0.717) is 31.4 Å². The predicted molar refractivity (Wildman–Crippen MR) is 54.1 cm³/mol. The van der Waals surface area contributed by atoms with Crippen LogP contribution in [0.25, 0.3) is 0 Å². The van der Waals surface area contributed by atoms with Crippen LogP contribution in [-0.2, 0) is 9.47 Å². The van der Waals surface area contributed by atoms with Gasteiger partial charge in [0, 0.05) is 0 Å². The summed E-state index contributed by atoms with van der Waals surface area (Å²) in [5.41, 5.74) is 0. The highest BCUT2D eigenvalue weighted by molar-refractivity contribution is 5.64. The summed E-state index contributed by atoms with van der Waals surface area (Å²) in [4.78, 5) is 10.7. The van der Waals surface area contributed by atoms with E-state index in [2.05, 4.69) is 11.3 Å². The smallest absolute Gasteiger partial charge is 0.422 e. The Morgan fingerprint density at radius 2 is 2.27 bits per heavy atom. The zero-order chi connectivity index (χ0) is 11.3. The Kier molecular flexibility index (Phi) is 4.59. The maximum atomic E-state index is 13.1. The zero-order valence-electron chi connectivity index (χ0n) is 9.00. The quantitative estimate of drug-likeness (QED) is 0.639. The molecular weight excluding hydrogens is 199 g/mol. The van der Waals surface area contributed by atoms with Gasteiger partial charge in [-0.25, -0.2) is 9.18 Å². The molecule has 0 aliphatic carbocycles. The molecule has 1 heterocycles. The van der Waals surface area contributed by atoms with Crippen LogP contribution in [0.15, 0.2) is 12.3 Å².